The van der Waals surface area contributed by atoms with Gasteiger partial charge in [0.2, 0.25) is 5.88 Å². The molecule has 0 aliphatic carbocycles. The Morgan fingerprint density at radius 3 is 1.91 bits per heavy atom. The van der Waals surface area contributed by atoms with Crippen LogP contribution in [0.15, 0.2) is 104 Å². The zero-order valence-electron chi connectivity index (χ0n) is 26.3. The number of benzene rings is 3. The first-order valence-electron chi connectivity index (χ1n) is 15.1. The van der Waals surface area contributed by atoms with Crippen LogP contribution in [-0.2, 0) is 44.7 Å². The maximum atomic E-state index is 13.4. The van der Waals surface area contributed by atoms with Crippen molar-refractivity contribution in [1.29, 1.82) is 0 Å². The molecule has 5 rings (SSSR count). The molecule has 0 radical (unpaired) electrons. The van der Waals surface area contributed by atoms with Crippen molar-refractivity contribution >= 4 is 25.7 Å². The number of aromatic nitrogens is 3. The minimum Gasteiger partial charge on any atom is -0.471 e. The topological polar surface area (TPSA) is 108 Å². The van der Waals surface area contributed by atoms with Gasteiger partial charge < -0.3 is 32.9 Å². The Labute approximate surface area is 270 Å². The third-order valence-electron chi connectivity index (χ3n) is 6.66. The molecule has 0 aliphatic rings. The van der Waals surface area contributed by atoms with Crippen molar-refractivity contribution in [2.45, 2.75) is 52.7 Å². The van der Waals surface area contributed by atoms with Gasteiger partial charge in [0.25, 0.3) is 0 Å². The van der Waals surface area contributed by atoms with E-state index in [9.17, 15) is 4.79 Å². The zero-order valence-corrected chi connectivity index (χ0v) is 27.2. The van der Waals surface area contributed by atoms with E-state index < -0.39 is 20.3 Å². The molecule has 3 aromatic carbocycles. The summed E-state index contributed by atoms with van der Waals surface area (Å²) in [5.74, 6) is 0.434. The minimum absolute atomic E-state index is 0.164. The first-order chi connectivity index (χ1) is 22.3. The monoisotopic (exact) mass is 642 g/mol. The molecule has 5 aromatic rings. The normalized spacial score (nSPS) is 11.6. The molecule has 0 bridgehead atoms. The maximum Gasteiger partial charge on any atom is 0.410 e. The molecule has 0 unspecified atom stereocenters. The molecule has 0 fully saturated rings. The van der Waals surface area contributed by atoms with E-state index in [1.54, 1.807) is 4.90 Å². The van der Waals surface area contributed by atoms with Gasteiger partial charge in [0.05, 0.1) is 26.4 Å². The lowest BCUT2D eigenvalue weighted by Crippen LogP contribution is -2.38. The van der Waals surface area contributed by atoms with E-state index >= 15 is 0 Å². The van der Waals surface area contributed by atoms with Crippen LogP contribution in [0.4, 0.5) is 4.79 Å². The molecule has 1 amide bonds. The SMILES string of the molecule is CC(C)(C)OC(=O)N(CCOP(OCc1ccccc1)OCc1ccccc1)Cc1c[nH]c2c(OCc3ccccc3)ncnc12. The predicted octanol–water partition coefficient (Wildman–Crippen LogP) is 7.95. The second-order valence-electron chi connectivity index (χ2n) is 11.5. The van der Waals surface area contributed by atoms with E-state index in [0.29, 0.717) is 36.7 Å². The standard InChI is InChI=1S/C35H39N4O6P/c1-35(2,3)45-34(40)39(22-30-21-36-32-31(30)37-26-38-33(32)41-23-27-13-7-4-8-14-27)19-20-42-46(43-24-28-15-9-5-10-16-28)44-25-29-17-11-6-12-18-29/h4-18,21,26,36H,19-20,22-25H2,1-3H3. The molecule has 0 spiro atoms. The van der Waals surface area contributed by atoms with Crippen LogP contribution in [0.3, 0.4) is 0 Å². The van der Waals surface area contributed by atoms with Gasteiger partial charge in [-0.1, -0.05) is 91.0 Å². The van der Waals surface area contributed by atoms with Crippen LogP contribution < -0.4 is 4.74 Å². The molecule has 1 N–H and O–H groups in total. The number of hydrogen-bond donors (Lipinski definition) is 1. The van der Waals surface area contributed by atoms with Gasteiger partial charge in [-0.2, -0.15) is 4.98 Å². The number of nitrogens with zero attached hydrogens (tertiary/aromatic N) is 3. The predicted molar refractivity (Wildman–Crippen MR) is 177 cm³/mol. The van der Waals surface area contributed by atoms with Crippen molar-refractivity contribution in [2.24, 2.45) is 0 Å². The lowest BCUT2D eigenvalue weighted by atomic mass is 10.2. The fourth-order valence-corrected chi connectivity index (χ4v) is 5.40. The zero-order chi connectivity index (χ0) is 32.2. The van der Waals surface area contributed by atoms with E-state index in [1.807, 2.05) is 118 Å². The average Bonchev–Trinajstić information content (AvgIpc) is 3.48. The van der Waals surface area contributed by atoms with Gasteiger partial charge in [-0.05, 0) is 37.5 Å². The summed E-state index contributed by atoms with van der Waals surface area (Å²) in [5, 5.41) is 0. The number of ether oxygens (including phenoxy) is 2. The van der Waals surface area contributed by atoms with Crippen LogP contribution in [0.5, 0.6) is 5.88 Å². The highest BCUT2D eigenvalue weighted by Crippen LogP contribution is 2.41. The van der Waals surface area contributed by atoms with Gasteiger partial charge >= 0.3 is 14.7 Å². The summed E-state index contributed by atoms with van der Waals surface area (Å²) in [5.41, 5.74) is 4.46. The number of hydrogen-bond acceptors (Lipinski definition) is 8. The van der Waals surface area contributed by atoms with Gasteiger partial charge in [-0.15, -0.1) is 0 Å². The largest absolute Gasteiger partial charge is 0.471 e. The summed E-state index contributed by atoms with van der Waals surface area (Å²) in [6.07, 6.45) is 2.80. The van der Waals surface area contributed by atoms with Crippen LogP contribution in [-0.4, -0.2) is 44.7 Å². The van der Waals surface area contributed by atoms with Crippen LogP contribution >= 0.6 is 8.60 Å². The highest BCUT2D eigenvalue weighted by molar-refractivity contribution is 7.41. The smallest absolute Gasteiger partial charge is 0.410 e. The first-order valence-corrected chi connectivity index (χ1v) is 16.2. The second-order valence-corrected chi connectivity index (χ2v) is 12.7. The number of amides is 1. The quantitative estimate of drug-likeness (QED) is 0.115. The Morgan fingerprint density at radius 1 is 0.783 bits per heavy atom. The molecule has 2 heterocycles. The third kappa shape index (κ3) is 10.1. The molecule has 10 nitrogen and oxygen atoms in total. The van der Waals surface area contributed by atoms with Crippen molar-refractivity contribution in [2.75, 3.05) is 13.2 Å². The fourth-order valence-electron chi connectivity index (χ4n) is 4.43. The van der Waals surface area contributed by atoms with Crippen LogP contribution in [0, 0.1) is 0 Å². The Balaban J connectivity index is 1.26. The Hall–Kier alpha value is -4.34. The number of H-pyrrole nitrogens is 1. The minimum atomic E-state index is -1.71. The van der Waals surface area contributed by atoms with Crippen molar-refractivity contribution in [1.82, 2.24) is 19.9 Å². The van der Waals surface area contributed by atoms with Crippen molar-refractivity contribution < 1.29 is 27.8 Å². The summed E-state index contributed by atoms with van der Waals surface area (Å²) < 4.78 is 30.0. The number of carbonyl (C=O) groups excluding carboxylic acids is 1. The molecule has 46 heavy (non-hydrogen) atoms. The molecule has 11 heteroatoms. The molecule has 0 aliphatic heterocycles. The summed E-state index contributed by atoms with van der Waals surface area (Å²) in [7, 11) is -1.71. The molecule has 0 saturated carbocycles. The number of fused-ring (bicyclic) bond motifs is 1. The van der Waals surface area contributed by atoms with E-state index in [4.69, 9.17) is 23.0 Å². The third-order valence-corrected chi connectivity index (χ3v) is 7.73. The molecular weight excluding hydrogens is 603 g/mol. The van der Waals surface area contributed by atoms with Crippen LogP contribution in [0.2, 0.25) is 0 Å². The van der Waals surface area contributed by atoms with Gasteiger partial charge in [0.15, 0.2) is 0 Å². The summed E-state index contributed by atoms with van der Waals surface area (Å²) in [6, 6.07) is 29.5. The van der Waals surface area contributed by atoms with Gasteiger partial charge in [-0.3, -0.25) is 0 Å². The summed E-state index contributed by atoms with van der Waals surface area (Å²) in [4.78, 5) is 27.0. The molecular formula is C35H39N4O6P. The van der Waals surface area contributed by atoms with E-state index in [0.717, 1.165) is 22.3 Å². The molecule has 240 valence electrons. The second kappa shape index (κ2) is 16.3. The molecule has 2 aromatic heterocycles. The Kier molecular flexibility index (Phi) is 11.7. The van der Waals surface area contributed by atoms with Crippen LogP contribution in [0.1, 0.15) is 43.0 Å². The average molecular weight is 643 g/mol. The van der Waals surface area contributed by atoms with E-state index in [1.165, 1.54) is 6.33 Å². The number of rotatable bonds is 15. The summed E-state index contributed by atoms with van der Waals surface area (Å²) in [6.45, 7) is 7.16. The highest BCUT2D eigenvalue weighted by Gasteiger charge is 2.25. The number of aromatic amines is 1. The lowest BCUT2D eigenvalue weighted by Gasteiger charge is -2.27. The van der Waals surface area contributed by atoms with Crippen molar-refractivity contribution in [3.63, 3.8) is 0 Å². The van der Waals surface area contributed by atoms with Gasteiger partial charge in [0, 0.05) is 18.3 Å². The van der Waals surface area contributed by atoms with Gasteiger partial charge in [0.1, 0.15) is 29.6 Å². The Bertz CT molecular complexity index is 1600. The number of nitrogens with one attached hydrogen (secondary N) is 1. The molecule has 0 atom stereocenters. The van der Waals surface area contributed by atoms with E-state index in [-0.39, 0.29) is 19.7 Å². The number of carbonyl (C=O) groups is 1. The van der Waals surface area contributed by atoms with E-state index in [2.05, 4.69) is 15.0 Å². The Morgan fingerprint density at radius 2 is 1.35 bits per heavy atom. The van der Waals surface area contributed by atoms with Gasteiger partial charge in [-0.25, -0.2) is 9.78 Å². The first kappa shape index (κ1) is 33.0. The lowest BCUT2D eigenvalue weighted by molar-refractivity contribution is 0.0199. The molecule has 0 saturated heterocycles. The summed E-state index contributed by atoms with van der Waals surface area (Å²) >= 11 is 0. The van der Waals surface area contributed by atoms with Crippen molar-refractivity contribution in [3.8, 4) is 5.88 Å². The fraction of sp³-hybridized carbons (Fsp3) is 0.286. The van der Waals surface area contributed by atoms with Crippen molar-refractivity contribution in [3.05, 3.63) is 126 Å². The highest BCUT2D eigenvalue weighted by atomic mass is 31.2. The maximum absolute atomic E-state index is 13.4. The van der Waals surface area contributed by atoms with Crippen LogP contribution in [0.25, 0.3) is 11.0 Å².